The van der Waals surface area contributed by atoms with Crippen LogP contribution in [0.5, 0.6) is 0 Å². The van der Waals surface area contributed by atoms with E-state index in [0.29, 0.717) is 25.2 Å². The largest absolute Gasteiger partial charge is 0.347 e. The quantitative estimate of drug-likeness (QED) is 0.670. The lowest BCUT2D eigenvalue weighted by Crippen LogP contribution is -3.15. The topological polar surface area (TPSA) is 74.2 Å². The van der Waals surface area contributed by atoms with Crippen molar-refractivity contribution < 1.29 is 19.3 Å². The molecule has 24 heavy (non-hydrogen) atoms. The number of rotatable bonds is 5. The van der Waals surface area contributed by atoms with Gasteiger partial charge in [-0.05, 0) is 12.1 Å². The summed E-state index contributed by atoms with van der Waals surface area (Å²) in [6, 6.07) is 9.23. The molecule has 1 aliphatic rings. The van der Waals surface area contributed by atoms with Gasteiger partial charge in [0, 0.05) is 19.7 Å². The van der Waals surface area contributed by atoms with Crippen LogP contribution in [0.1, 0.15) is 10.4 Å². The van der Waals surface area contributed by atoms with Crippen molar-refractivity contribution in [3.63, 3.8) is 0 Å². The van der Waals surface area contributed by atoms with Crippen LogP contribution in [-0.4, -0.2) is 80.9 Å². The first-order valence-corrected chi connectivity index (χ1v) is 8.12. The van der Waals surface area contributed by atoms with Crippen LogP contribution in [0.15, 0.2) is 30.3 Å². The first-order valence-electron chi connectivity index (χ1n) is 8.12. The zero-order valence-corrected chi connectivity index (χ0v) is 14.2. The summed E-state index contributed by atoms with van der Waals surface area (Å²) < 4.78 is 0. The molecule has 1 heterocycles. The molecule has 1 fully saturated rings. The Bertz CT molecular complexity index is 581. The molecule has 2 rings (SSSR count). The van der Waals surface area contributed by atoms with Crippen molar-refractivity contribution in [3.8, 4) is 0 Å². The molecule has 0 unspecified atom stereocenters. The molecular weight excluding hydrogens is 308 g/mol. The molecule has 0 spiro atoms. The van der Waals surface area contributed by atoms with Crippen LogP contribution in [0, 0.1) is 0 Å². The highest BCUT2D eigenvalue weighted by Gasteiger charge is 2.25. The third-order valence-electron chi connectivity index (χ3n) is 4.12. The van der Waals surface area contributed by atoms with E-state index in [1.165, 1.54) is 4.90 Å². The predicted octanol–water partition coefficient (Wildman–Crippen LogP) is -1.77. The standard InChI is InChI=1S/C17H24N4O3/c1-19(2)16(23)12-18-15(22)13-20-8-10-21(11-9-20)17(24)14-6-4-3-5-7-14/h3-7H,8-13H2,1-2H3,(H,18,22)/p+1. The van der Waals surface area contributed by atoms with Gasteiger partial charge in [-0.2, -0.15) is 0 Å². The summed E-state index contributed by atoms with van der Waals surface area (Å²) in [6.45, 7) is 3.08. The summed E-state index contributed by atoms with van der Waals surface area (Å²) in [4.78, 5) is 40.1. The predicted molar refractivity (Wildman–Crippen MR) is 89.6 cm³/mol. The first-order chi connectivity index (χ1) is 11.5. The molecule has 2 N–H and O–H groups in total. The number of hydrogen-bond acceptors (Lipinski definition) is 3. The van der Waals surface area contributed by atoms with Crippen LogP contribution < -0.4 is 10.2 Å². The SMILES string of the molecule is CN(C)C(=O)CNC(=O)C[NH+]1CCN(C(=O)c2ccccc2)CC1. The molecule has 7 heteroatoms. The number of amides is 3. The molecule has 0 atom stereocenters. The van der Waals surface area contributed by atoms with Crippen molar-refractivity contribution in [2.75, 3.05) is 53.4 Å². The van der Waals surface area contributed by atoms with E-state index in [4.69, 9.17) is 0 Å². The second-order valence-electron chi connectivity index (χ2n) is 6.15. The number of likely N-dealkylation sites (N-methyl/N-ethyl adjacent to an activating group) is 1. The fourth-order valence-electron chi connectivity index (χ4n) is 2.59. The van der Waals surface area contributed by atoms with Crippen LogP contribution in [0.25, 0.3) is 0 Å². The van der Waals surface area contributed by atoms with Crippen molar-refractivity contribution in [3.05, 3.63) is 35.9 Å². The van der Waals surface area contributed by atoms with E-state index in [9.17, 15) is 14.4 Å². The molecule has 1 aromatic carbocycles. The lowest BCUT2D eigenvalue weighted by molar-refractivity contribution is -0.896. The van der Waals surface area contributed by atoms with E-state index in [0.717, 1.165) is 18.0 Å². The Labute approximate surface area is 142 Å². The summed E-state index contributed by atoms with van der Waals surface area (Å²) in [7, 11) is 3.31. The zero-order valence-electron chi connectivity index (χ0n) is 14.2. The van der Waals surface area contributed by atoms with Gasteiger partial charge in [-0.3, -0.25) is 14.4 Å². The van der Waals surface area contributed by atoms with Crippen LogP contribution in [0.2, 0.25) is 0 Å². The van der Waals surface area contributed by atoms with Gasteiger partial charge < -0.3 is 20.0 Å². The van der Waals surface area contributed by atoms with Crippen molar-refractivity contribution in [2.45, 2.75) is 0 Å². The summed E-state index contributed by atoms with van der Waals surface area (Å²) in [6.07, 6.45) is 0. The average Bonchev–Trinajstić information content (AvgIpc) is 2.60. The maximum atomic E-state index is 12.4. The lowest BCUT2D eigenvalue weighted by atomic mass is 10.2. The minimum atomic E-state index is -0.136. The van der Waals surface area contributed by atoms with Crippen molar-refractivity contribution in [1.29, 1.82) is 0 Å². The monoisotopic (exact) mass is 333 g/mol. The number of carbonyl (C=O) groups is 3. The minimum Gasteiger partial charge on any atom is -0.347 e. The van der Waals surface area contributed by atoms with E-state index in [1.54, 1.807) is 14.1 Å². The van der Waals surface area contributed by atoms with Gasteiger partial charge in [-0.15, -0.1) is 0 Å². The molecule has 1 aromatic rings. The Balaban J connectivity index is 1.74. The fourth-order valence-corrected chi connectivity index (χ4v) is 2.59. The molecule has 1 aliphatic heterocycles. The average molecular weight is 333 g/mol. The molecule has 0 bridgehead atoms. The van der Waals surface area contributed by atoms with Crippen LogP contribution >= 0.6 is 0 Å². The highest BCUT2D eigenvalue weighted by molar-refractivity contribution is 5.94. The first kappa shape index (κ1) is 17.9. The number of hydrogen-bond donors (Lipinski definition) is 2. The van der Waals surface area contributed by atoms with E-state index in [2.05, 4.69) is 5.32 Å². The highest BCUT2D eigenvalue weighted by Crippen LogP contribution is 2.04. The number of nitrogens with zero attached hydrogens (tertiary/aromatic N) is 2. The number of quaternary nitrogens is 1. The van der Waals surface area contributed by atoms with Crippen LogP contribution in [0.4, 0.5) is 0 Å². The van der Waals surface area contributed by atoms with Crippen LogP contribution in [-0.2, 0) is 9.59 Å². The summed E-state index contributed by atoms with van der Waals surface area (Å²) in [5.74, 6) is -0.227. The Morgan fingerprint density at radius 1 is 1.12 bits per heavy atom. The van der Waals surface area contributed by atoms with Gasteiger partial charge in [0.25, 0.3) is 11.8 Å². The maximum absolute atomic E-state index is 12.4. The Morgan fingerprint density at radius 3 is 2.33 bits per heavy atom. The minimum absolute atomic E-state index is 0.0255. The van der Waals surface area contributed by atoms with Crippen molar-refractivity contribution in [1.82, 2.24) is 15.1 Å². The van der Waals surface area contributed by atoms with Gasteiger partial charge in [0.05, 0.1) is 32.7 Å². The molecular formula is C17H25N4O3+. The molecule has 3 amide bonds. The molecule has 130 valence electrons. The van der Waals surface area contributed by atoms with E-state index >= 15 is 0 Å². The normalized spacial score (nSPS) is 15.0. The van der Waals surface area contributed by atoms with Gasteiger partial charge in [0.15, 0.2) is 6.54 Å². The smallest absolute Gasteiger partial charge is 0.275 e. The van der Waals surface area contributed by atoms with Crippen LogP contribution in [0.3, 0.4) is 0 Å². The molecule has 0 aliphatic carbocycles. The summed E-state index contributed by atoms with van der Waals surface area (Å²) in [5.41, 5.74) is 0.695. The van der Waals surface area contributed by atoms with E-state index in [-0.39, 0.29) is 24.3 Å². The van der Waals surface area contributed by atoms with E-state index in [1.807, 2.05) is 35.2 Å². The molecule has 0 saturated carbocycles. The fraction of sp³-hybridized carbons (Fsp3) is 0.471. The van der Waals surface area contributed by atoms with Gasteiger partial charge in [-0.25, -0.2) is 0 Å². The molecule has 0 aromatic heterocycles. The Hall–Kier alpha value is -2.41. The molecule has 7 nitrogen and oxygen atoms in total. The number of piperazine rings is 1. The maximum Gasteiger partial charge on any atom is 0.275 e. The second-order valence-corrected chi connectivity index (χ2v) is 6.15. The molecule has 1 saturated heterocycles. The van der Waals surface area contributed by atoms with Gasteiger partial charge >= 0.3 is 0 Å². The molecule has 0 radical (unpaired) electrons. The Morgan fingerprint density at radius 2 is 1.75 bits per heavy atom. The van der Waals surface area contributed by atoms with Crippen molar-refractivity contribution >= 4 is 17.7 Å². The number of carbonyl (C=O) groups excluding carboxylic acids is 3. The summed E-state index contributed by atoms with van der Waals surface area (Å²) in [5, 5.41) is 2.64. The number of benzene rings is 1. The Kier molecular flexibility index (Phi) is 6.31. The van der Waals surface area contributed by atoms with Crippen molar-refractivity contribution in [2.24, 2.45) is 0 Å². The van der Waals surface area contributed by atoms with Gasteiger partial charge in [0.1, 0.15) is 0 Å². The second kappa shape index (κ2) is 8.44. The lowest BCUT2D eigenvalue weighted by Gasteiger charge is -2.32. The third kappa shape index (κ3) is 5.06. The summed E-state index contributed by atoms with van der Waals surface area (Å²) >= 11 is 0. The third-order valence-corrected chi connectivity index (χ3v) is 4.12. The van der Waals surface area contributed by atoms with E-state index < -0.39 is 0 Å². The number of nitrogens with one attached hydrogen (secondary N) is 2. The zero-order chi connectivity index (χ0) is 17.5. The van der Waals surface area contributed by atoms with Gasteiger partial charge in [0.2, 0.25) is 5.91 Å². The highest BCUT2D eigenvalue weighted by atomic mass is 16.2. The van der Waals surface area contributed by atoms with Gasteiger partial charge in [-0.1, -0.05) is 18.2 Å².